The molecule has 2 aromatic carbocycles. The quantitative estimate of drug-likeness (QED) is 0.598. The monoisotopic (exact) mass is 398 g/mol. The highest BCUT2D eigenvalue weighted by Gasteiger charge is 2.14. The SMILES string of the molecule is COC(=O)COc1cccc(C(=O)NCCc2c(C)[nH]c3c(F)ccc(C)c23)c1. The van der Waals surface area contributed by atoms with Crippen LogP contribution in [-0.2, 0) is 16.0 Å². The molecule has 29 heavy (non-hydrogen) atoms. The number of aryl methyl sites for hydroxylation is 2. The maximum absolute atomic E-state index is 14.1. The molecule has 6 nitrogen and oxygen atoms in total. The summed E-state index contributed by atoms with van der Waals surface area (Å²) in [5.74, 6) is -0.635. The van der Waals surface area contributed by atoms with E-state index in [0.717, 1.165) is 22.2 Å². The molecule has 7 heteroatoms. The van der Waals surface area contributed by atoms with Gasteiger partial charge in [0.25, 0.3) is 5.91 Å². The molecule has 152 valence electrons. The van der Waals surface area contributed by atoms with Crippen LogP contribution in [0.1, 0.15) is 27.2 Å². The maximum atomic E-state index is 14.1. The van der Waals surface area contributed by atoms with Crippen LogP contribution >= 0.6 is 0 Å². The lowest BCUT2D eigenvalue weighted by Crippen LogP contribution is -2.25. The number of halogens is 1. The lowest BCUT2D eigenvalue weighted by molar-refractivity contribution is -0.142. The van der Waals surface area contributed by atoms with Gasteiger partial charge >= 0.3 is 5.97 Å². The van der Waals surface area contributed by atoms with Crippen LogP contribution in [0.15, 0.2) is 36.4 Å². The van der Waals surface area contributed by atoms with E-state index in [9.17, 15) is 14.0 Å². The maximum Gasteiger partial charge on any atom is 0.343 e. The Morgan fingerprint density at radius 2 is 1.97 bits per heavy atom. The molecule has 0 saturated carbocycles. The van der Waals surface area contributed by atoms with Gasteiger partial charge in [-0.2, -0.15) is 0 Å². The number of nitrogens with one attached hydrogen (secondary N) is 2. The van der Waals surface area contributed by atoms with E-state index in [-0.39, 0.29) is 18.3 Å². The highest BCUT2D eigenvalue weighted by atomic mass is 19.1. The van der Waals surface area contributed by atoms with Crippen molar-refractivity contribution in [3.63, 3.8) is 0 Å². The number of methoxy groups -OCH3 is 1. The highest BCUT2D eigenvalue weighted by molar-refractivity contribution is 5.94. The third kappa shape index (κ3) is 4.56. The van der Waals surface area contributed by atoms with Crippen molar-refractivity contribution in [1.29, 1.82) is 0 Å². The van der Waals surface area contributed by atoms with E-state index in [1.807, 2.05) is 13.8 Å². The van der Waals surface area contributed by atoms with Crippen LogP contribution in [0.4, 0.5) is 4.39 Å². The van der Waals surface area contributed by atoms with Crippen molar-refractivity contribution < 1.29 is 23.5 Å². The molecule has 0 aliphatic heterocycles. The third-order valence-electron chi connectivity index (χ3n) is 4.77. The number of rotatable bonds is 7. The van der Waals surface area contributed by atoms with Crippen LogP contribution in [0.2, 0.25) is 0 Å². The number of carbonyl (C=O) groups is 2. The summed E-state index contributed by atoms with van der Waals surface area (Å²) in [7, 11) is 1.28. The summed E-state index contributed by atoms with van der Waals surface area (Å²) in [6, 6.07) is 9.77. The number of hydrogen-bond acceptors (Lipinski definition) is 4. The minimum atomic E-state index is -0.499. The molecule has 0 fully saturated rings. The van der Waals surface area contributed by atoms with Gasteiger partial charge in [0.2, 0.25) is 0 Å². The number of ether oxygens (including phenoxy) is 2. The summed E-state index contributed by atoms with van der Waals surface area (Å²) in [5, 5.41) is 3.74. The molecular weight excluding hydrogens is 375 g/mol. The van der Waals surface area contributed by atoms with Gasteiger partial charge in [-0.3, -0.25) is 4.79 Å². The molecule has 1 heterocycles. The summed E-state index contributed by atoms with van der Waals surface area (Å²) in [5.41, 5.74) is 3.79. The Morgan fingerprint density at radius 3 is 2.72 bits per heavy atom. The van der Waals surface area contributed by atoms with Crippen molar-refractivity contribution in [3.05, 3.63) is 64.6 Å². The topological polar surface area (TPSA) is 80.4 Å². The fourth-order valence-electron chi connectivity index (χ4n) is 3.29. The predicted molar refractivity (Wildman–Crippen MR) is 108 cm³/mol. The molecule has 0 aliphatic rings. The first-order valence-electron chi connectivity index (χ1n) is 9.25. The molecular formula is C22H23FN2O4. The zero-order chi connectivity index (χ0) is 21.0. The Bertz CT molecular complexity index is 1060. The van der Waals surface area contributed by atoms with Crippen LogP contribution in [0.3, 0.4) is 0 Å². The van der Waals surface area contributed by atoms with Gasteiger partial charge in [0, 0.05) is 23.2 Å². The van der Waals surface area contributed by atoms with Crippen molar-refractivity contribution in [3.8, 4) is 5.75 Å². The molecule has 0 spiro atoms. The Kier molecular flexibility index (Phi) is 6.16. The second-order valence-corrected chi connectivity index (χ2v) is 6.74. The number of hydrogen-bond donors (Lipinski definition) is 2. The molecule has 1 amide bonds. The van der Waals surface area contributed by atoms with Gasteiger partial charge in [0.1, 0.15) is 11.6 Å². The van der Waals surface area contributed by atoms with Crippen molar-refractivity contribution in [2.45, 2.75) is 20.3 Å². The van der Waals surface area contributed by atoms with Gasteiger partial charge in [0.05, 0.1) is 12.6 Å². The number of esters is 1. The van der Waals surface area contributed by atoms with E-state index in [4.69, 9.17) is 4.74 Å². The number of aromatic nitrogens is 1. The van der Waals surface area contributed by atoms with Gasteiger partial charge in [-0.25, -0.2) is 9.18 Å². The number of benzene rings is 2. The fraction of sp³-hybridized carbons (Fsp3) is 0.273. The molecule has 0 radical (unpaired) electrons. The molecule has 2 N–H and O–H groups in total. The molecule has 0 atom stereocenters. The standard InChI is InChI=1S/C22H23FN2O4/c1-13-7-8-18(23)21-20(13)17(14(2)25-21)9-10-24-22(27)15-5-4-6-16(11-15)29-12-19(26)28-3/h4-8,11,25H,9-10,12H2,1-3H3,(H,24,27). The van der Waals surface area contributed by atoms with E-state index in [1.54, 1.807) is 30.3 Å². The molecule has 0 aliphatic carbocycles. The molecule has 0 saturated heterocycles. The number of H-pyrrole nitrogens is 1. The van der Waals surface area contributed by atoms with Crippen LogP contribution in [0, 0.1) is 19.7 Å². The Morgan fingerprint density at radius 1 is 1.17 bits per heavy atom. The molecule has 0 unspecified atom stereocenters. The first-order chi connectivity index (χ1) is 13.9. The Hall–Kier alpha value is -3.35. The average molecular weight is 398 g/mol. The predicted octanol–water partition coefficient (Wildman–Crippen LogP) is 3.45. The second-order valence-electron chi connectivity index (χ2n) is 6.74. The number of carbonyl (C=O) groups excluding carboxylic acids is 2. The van der Waals surface area contributed by atoms with E-state index < -0.39 is 5.97 Å². The van der Waals surface area contributed by atoms with Gasteiger partial charge in [-0.15, -0.1) is 0 Å². The van der Waals surface area contributed by atoms with E-state index in [0.29, 0.717) is 29.8 Å². The largest absolute Gasteiger partial charge is 0.482 e. The molecule has 3 aromatic rings. The van der Waals surface area contributed by atoms with Crippen molar-refractivity contribution in [2.75, 3.05) is 20.3 Å². The number of fused-ring (bicyclic) bond motifs is 1. The Labute approximate surface area is 168 Å². The molecule has 3 rings (SSSR count). The highest BCUT2D eigenvalue weighted by Crippen LogP contribution is 2.27. The zero-order valence-electron chi connectivity index (χ0n) is 16.6. The van der Waals surface area contributed by atoms with Crippen molar-refractivity contribution in [2.24, 2.45) is 0 Å². The lowest BCUT2D eigenvalue weighted by Gasteiger charge is -2.09. The van der Waals surface area contributed by atoms with Crippen LogP contribution < -0.4 is 10.1 Å². The Balaban J connectivity index is 1.65. The number of amides is 1. The first kappa shape index (κ1) is 20.4. The number of aromatic amines is 1. The van der Waals surface area contributed by atoms with Crippen LogP contribution in [0.5, 0.6) is 5.75 Å². The summed E-state index contributed by atoms with van der Waals surface area (Å²) in [6.07, 6.45) is 0.570. The summed E-state index contributed by atoms with van der Waals surface area (Å²) in [4.78, 5) is 26.7. The van der Waals surface area contributed by atoms with Crippen LogP contribution in [0.25, 0.3) is 10.9 Å². The van der Waals surface area contributed by atoms with E-state index in [2.05, 4.69) is 15.0 Å². The zero-order valence-corrected chi connectivity index (χ0v) is 16.6. The first-order valence-corrected chi connectivity index (χ1v) is 9.25. The summed E-state index contributed by atoms with van der Waals surface area (Å²) < 4.78 is 23.9. The van der Waals surface area contributed by atoms with E-state index >= 15 is 0 Å². The smallest absolute Gasteiger partial charge is 0.343 e. The average Bonchev–Trinajstić information content (AvgIpc) is 3.06. The van der Waals surface area contributed by atoms with Gasteiger partial charge in [0.15, 0.2) is 6.61 Å². The normalized spacial score (nSPS) is 10.8. The molecule has 0 bridgehead atoms. The van der Waals surface area contributed by atoms with Crippen molar-refractivity contribution >= 4 is 22.8 Å². The fourth-order valence-corrected chi connectivity index (χ4v) is 3.29. The minimum absolute atomic E-state index is 0.225. The minimum Gasteiger partial charge on any atom is -0.482 e. The van der Waals surface area contributed by atoms with Crippen LogP contribution in [-0.4, -0.2) is 37.1 Å². The third-order valence-corrected chi connectivity index (χ3v) is 4.77. The van der Waals surface area contributed by atoms with Crippen molar-refractivity contribution in [1.82, 2.24) is 10.3 Å². The van der Waals surface area contributed by atoms with Gasteiger partial charge in [-0.05, 0) is 55.7 Å². The van der Waals surface area contributed by atoms with Gasteiger partial charge < -0.3 is 19.8 Å². The summed E-state index contributed by atoms with van der Waals surface area (Å²) >= 11 is 0. The molecule has 1 aromatic heterocycles. The summed E-state index contributed by atoms with van der Waals surface area (Å²) in [6.45, 7) is 4.02. The van der Waals surface area contributed by atoms with E-state index in [1.165, 1.54) is 13.2 Å². The van der Waals surface area contributed by atoms with Gasteiger partial charge in [-0.1, -0.05) is 12.1 Å². The lowest BCUT2D eigenvalue weighted by atomic mass is 10.0. The second kappa shape index (κ2) is 8.77.